The van der Waals surface area contributed by atoms with Gasteiger partial charge in [-0.15, -0.1) is 10.2 Å². The van der Waals surface area contributed by atoms with Crippen LogP contribution in [-0.4, -0.2) is 90.6 Å². The second kappa shape index (κ2) is 12.4. The van der Waals surface area contributed by atoms with Crippen molar-refractivity contribution in [1.82, 2.24) is 20.0 Å². The van der Waals surface area contributed by atoms with E-state index < -0.39 is 0 Å². The lowest BCUT2D eigenvalue weighted by Gasteiger charge is -2.44. The topological polar surface area (TPSA) is 100 Å². The molecule has 0 spiro atoms. The Balaban J connectivity index is 0.997. The van der Waals surface area contributed by atoms with Crippen molar-refractivity contribution in [2.75, 3.05) is 68.0 Å². The van der Waals surface area contributed by atoms with Gasteiger partial charge in [-0.05, 0) is 30.5 Å². The van der Waals surface area contributed by atoms with Crippen LogP contribution in [0.3, 0.4) is 0 Å². The molecule has 2 aromatic carbocycles. The van der Waals surface area contributed by atoms with Gasteiger partial charge in [-0.25, -0.2) is 4.79 Å². The second-order valence-electron chi connectivity index (χ2n) is 10.8. The number of nitrogen functional groups attached to an aromatic ring is 1. The van der Waals surface area contributed by atoms with Gasteiger partial charge >= 0.3 is 6.09 Å². The molecule has 216 valence electrons. The summed E-state index contributed by atoms with van der Waals surface area (Å²) in [6.07, 6.45) is 1.97. The first kappa shape index (κ1) is 27.4. The van der Waals surface area contributed by atoms with Crippen molar-refractivity contribution in [1.29, 1.82) is 0 Å². The molecule has 2 atom stereocenters. The molecule has 3 saturated heterocycles. The zero-order valence-electron chi connectivity index (χ0n) is 23.1. The van der Waals surface area contributed by atoms with Crippen LogP contribution in [0.15, 0.2) is 60.7 Å². The number of benzene rings is 2. The van der Waals surface area contributed by atoms with Crippen LogP contribution < -0.4 is 20.3 Å². The van der Waals surface area contributed by atoms with E-state index in [-0.39, 0.29) is 6.09 Å². The van der Waals surface area contributed by atoms with E-state index in [9.17, 15) is 4.79 Å². The molecule has 3 aliphatic heterocycles. The van der Waals surface area contributed by atoms with Gasteiger partial charge in [0.05, 0.1) is 11.4 Å². The summed E-state index contributed by atoms with van der Waals surface area (Å²) in [6, 6.07) is 20.6. The monoisotopic (exact) mass is 577 g/mol. The molecular weight excluding hydrogens is 542 g/mol. The molecule has 10 nitrogen and oxygen atoms in total. The molecule has 2 bridgehead atoms. The lowest BCUT2D eigenvalue weighted by atomic mass is 10.1. The van der Waals surface area contributed by atoms with Crippen LogP contribution in [-0.2, 0) is 11.3 Å². The minimum atomic E-state index is -0.251. The average molecular weight is 578 g/mol. The van der Waals surface area contributed by atoms with Crippen LogP contribution in [0.1, 0.15) is 18.4 Å². The van der Waals surface area contributed by atoms with Gasteiger partial charge in [0, 0.05) is 64.0 Å². The summed E-state index contributed by atoms with van der Waals surface area (Å²) in [7, 11) is 0. The Kier molecular flexibility index (Phi) is 8.29. The fraction of sp³-hybridized carbons (Fsp3) is 0.433. The van der Waals surface area contributed by atoms with E-state index in [4.69, 9.17) is 26.8 Å². The number of aromatic nitrogens is 2. The third-order valence-corrected chi connectivity index (χ3v) is 8.42. The van der Waals surface area contributed by atoms with Gasteiger partial charge in [-0.2, -0.15) is 0 Å². The quantitative estimate of drug-likeness (QED) is 0.427. The number of carbonyl (C=O) groups is 1. The number of amides is 1. The highest BCUT2D eigenvalue weighted by Crippen LogP contribution is 2.41. The maximum Gasteiger partial charge on any atom is 0.410 e. The van der Waals surface area contributed by atoms with Gasteiger partial charge in [-0.1, -0.05) is 54.1 Å². The van der Waals surface area contributed by atoms with Crippen LogP contribution in [0.5, 0.6) is 5.75 Å². The molecule has 6 rings (SSSR count). The highest BCUT2D eigenvalue weighted by molar-refractivity contribution is 6.29. The van der Waals surface area contributed by atoms with Crippen LogP contribution in [0.2, 0.25) is 5.15 Å². The predicted octanol–water partition coefficient (Wildman–Crippen LogP) is 3.90. The number of hydrogen-bond acceptors (Lipinski definition) is 9. The molecule has 0 radical (unpaired) electrons. The minimum absolute atomic E-state index is 0.251. The van der Waals surface area contributed by atoms with E-state index in [1.165, 1.54) is 0 Å². The number of halogens is 1. The highest BCUT2D eigenvalue weighted by atomic mass is 35.5. The van der Waals surface area contributed by atoms with Crippen LogP contribution >= 0.6 is 11.6 Å². The smallest absolute Gasteiger partial charge is 0.410 e. The summed E-state index contributed by atoms with van der Waals surface area (Å²) >= 11 is 6.12. The van der Waals surface area contributed by atoms with Crippen molar-refractivity contribution in [2.24, 2.45) is 0 Å². The maximum atomic E-state index is 12.5. The second-order valence-corrected chi connectivity index (χ2v) is 11.2. The van der Waals surface area contributed by atoms with E-state index in [1.807, 2.05) is 42.5 Å². The molecular formula is C30H36ClN7O3. The molecule has 2 N–H and O–H groups in total. The fourth-order valence-electron chi connectivity index (χ4n) is 6.16. The van der Waals surface area contributed by atoms with E-state index in [0.717, 1.165) is 68.3 Å². The lowest BCUT2D eigenvalue weighted by Crippen LogP contribution is -2.54. The molecule has 11 heteroatoms. The summed E-state index contributed by atoms with van der Waals surface area (Å²) in [6.45, 7) is 6.28. The van der Waals surface area contributed by atoms with Gasteiger partial charge in [-0.3, -0.25) is 4.90 Å². The summed E-state index contributed by atoms with van der Waals surface area (Å²) < 4.78 is 11.9. The highest BCUT2D eigenvalue weighted by Gasteiger charge is 2.41. The number of rotatable bonds is 8. The Hall–Kier alpha value is -3.76. The molecule has 2 unspecified atom stereocenters. The number of nitrogens with two attached hydrogens (primary N) is 1. The molecule has 1 amide bonds. The standard InChI is InChI=1S/C30H36ClN7O3/c31-28-18-26(29(32)34-33-28)37-19-23-10-11-24(20-37)38(23)25-8-4-5-9-27(25)40-17-16-35-12-14-36(15-13-35)30(39)41-21-22-6-2-1-3-7-22/h1-9,18,23-24H,10-17,19-21H2,(H2,32,34). The number of para-hydroxylation sites is 2. The van der Waals surface area contributed by atoms with Crippen molar-refractivity contribution in [3.63, 3.8) is 0 Å². The van der Waals surface area contributed by atoms with E-state index in [2.05, 4.69) is 43.1 Å². The van der Waals surface area contributed by atoms with E-state index in [1.54, 1.807) is 4.90 Å². The van der Waals surface area contributed by atoms with Gasteiger partial charge in [0.25, 0.3) is 0 Å². The lowest BCUT2D eigenvalue weighted by molar-refractivity contribution is 0.0684. The zero-order chi connectivity index (χ0) is 28.2. The number of carbonyl (C=O) groups excluding carboxylic acids is 1. The molecule has 3 fully saturated rings. The molecule has 3 aromatic rings. The third-order valence-electron chi connectivity index (χ3n) is 8.24. The Bertz CT molecular complexity index is 1320. The molecule has 0 saturated carbocycles. The Morgan fingerprint density at radius 1 is 0.927 bits per heavy atom. The molecule has 4 heterocycles. The predicted molar refractivity (Wildman–Crippen MR) is 160 cm³/mol. The summed E-state index contributed by atoms with van der Waals surface area (Å²) in [5, 5.41) is 8.23. The SMILES string of the molecule is Nc1nnc(Cl)cc1N1CC2CCC(C1)N2c1ccccc1OCCN1CCN(C(=O)OCc2ccccc2)CC1. The summed E-state index contributed by atoms with van der Waals surface area (Å²) in [5.41, 5.74) is 9.13. The largest absolute Gasteiger partial charge is 0.490 e. The molecule has 3 aliphatic rings. The number of nitrogens with zero attached hydrogens (tertiary/aromatic N) is 6. The van der Waals surface area contributed by atoms with E-state index >= 15 is 0 Å². The minimum Gasteiger partial charge on any atom is -0.490 e. The first-order chi connectivity index (χ1) is 20.0. The van der Waals surface area contributed by atoms with Crippen molar-refractivity contribution in [3.8, 4) is 5.75 Å². The Morgan fingerprint density at radius 3 is 2.39 bits per heavy atom. The van der Waals surface area contributed by atoms with Crippen molar-refractivity contribution in [2.45, 2.75) is 31.5 Å². The molecule has 1 aromatic heterocycles. The Labute approximate surface area is 245 Å². The average Bonchev–Trinajstić information content (AvgIpc) is 3.26. The third kappa shape index (κ3) is 6.28. The van der Waals surface area contributed by atoms with Gasteiger partial charge in [0.2, 0.25) is 0 Å². The van der Waals surface area contributed by atoms with Crippen LogP contribution in [0, 0.1) is 0 Å². The van der Waals surface area contributed by atoms with E-state index in [0.29, 0.717) is 49.4 Å². The van der Waals surface area contributed by atoms with Crippen molar-refractivity contribution < 1.29 is 14.3 Å². The summed E-state index contributed by atoms with van der Waals surface area (Å²) in [4.78, 5) is 21.4. The zero-order valence-corrected chi connectivity index (χ0v) is 23.8. The van der Waals surface area contributed by atoms with Gasteiger partial charge in [0.15, 0.2) is 11.0 Å². The van der Waals surface area contributed by atoms with Gasteiger partial charge < -0.3 is 29.9 Å². The Morgan fingerprint density at radius 2 is 1.63 bits per heavy atom. The van der Waals surface area contributed by atoms with Crippen LogP contribution in [0.4, 0.5) is 22.0 Å². The first-order valence-electron chi connectivity index (χ1n) is 14.3. The van der Waals surface area contributed by atoms with Crippen LogP contribution in [0.25, 0.3) is 0 Å². The fourth-order valence-corrected chi connectivity index (χ4v) is 6.30. The number of hydrogen-bond donors (Lipinski definition) is 1. The maximum absolute atomic E-state index is 12.5. The number of anilines is 3. The number of piperazine rings is 2. The normalized spacial score (nSPS) is 20.8. The van der Waals surface area contributed by atoms with Crippen molar-refractivity contribution in [3.05, 3.63) is 71.4 Å². The van der Waals surface area contributed by atoms with Gasteiger partial charge in [0.1, 0.15) is 19.0 Å². The molecule has 0 aliphatic carbocycles. The first-order valence-corrected chi connectivity index (χ1v) is 14.6. The molecule has 41 heavy (non-hydrogen) atoms. The van der Waals surface area contributed by atoms with Crippen molar-refractivity contribution >= 4 is 34.9 Å². The number of ether oxygens (including phenoxy) is 2. The number of fused-ring (bicyclic) bond motifs is 2. The summed E-state index contributed by atoms with van der Waals surface area (Å²) in [5.74, 6) is 1.32.